The first-order valence-electron chi connectivity index (χ1n) is 14.1. The Labute approximate surface area is 245 Å². The molecule has 218 valence electrons. The second-order valence-corrected chi connectivity index (χ2v) is 12.3. The van der Waals surface area contributed by atoms with E-state index in [1.165, 1.54) is 4.31 Å². The molecule has 2 aromatic carbocycles. The molecular formula is C32H33N3O6S. The average molecular weight is 588 g/mol. The van der Waals surface area contributed by atoms with Crippen molar-refractivity contribution in [3.63, 3.8) is 0 Å². The molecule has 9 nitrogen and oxygen atoms in total. The molecule has 1 atom stereocenters. The van der Waals surface area contributed by atoms with E-state index in [0.29, 0.717) is 28.1 Å². The average Bonchev–Trinajstić information content (AvgIpc) is 3.35. The van der Waals surface area contributed by atoms with Gasteiger partial charge in [-0.15, -0.1) is 0 Å². The zero-order valence-electron chi connectivity index (χ0n) is 23.8. The molecule has 0 saturated carbocycles. The van der Waals surface area contributed by atoms with Gasteiger partial charge in [0.15, 0.2) is 5.76 Å². The third kappa shape index (κ3) is 5.33. The summed E-state index contributed by atoms with van der Waals surface area (Å²) in [6.45, 7) is 6.68. The summed E-state index contributed by atoms with van der Waals surface area (Å²) in [5.41, 5.74) is 4.95. The number of hydrogen-bond acceptors (Lipinski definition) is 7. The van der Waals surface area contributed by atoms with Crippen molar-refractivity contribution in [2.75, 3.05) is 26.3 Å². The standard InChI is InChI=1S/C32H33N3O6S/c1-20-13-14-28(40-22(3)23-9-5-4-6-10-23)29-25(32(36)34-42(37,38)35-15-17-39-18-16-35)19-26(33-30(20)29)31-21(2)24-11-7-8-12-27(24)41-31/h4-6,8-10,12-14,19,22H,7,11,15-18H2,1-3H3,(H,34,36). The molecule has 0 bridgehead atoms. The van der Waals surface area contributed by atoms with E-state index >= 15 is 0 Å². The highest BCUT2D eigenvalue weighted by Gasteiger charge is 2.30. The lowest BCUT2D eigenvalue weighted by atomic mass is 9.98. The normalized spacial score (nSPS) is 16.3. The van der Waals surface area contributed by atoms with Crippen LogP contribution in [0.3, 0.4) is 0 Å². The van der Waals surface area contributed by atoms with Gasteiger partial charge in [-0.05, 0) is 62.9 Å². The fraction of sp³-hybridized carbons (Fsp3) is 0.312. The van der Waals surface area contributed by atoms with Crippen LogP contribution >= 0.6 is 0 Å². The molecule has 6 rings (SSSR count). The van der Waals surface area contributed by atoms with Crippen LogP contribution in [0.5, 0.6) is 5.75 Å². The van der Waals surface area contributed by atoms with E-state index in [1.54, 1.807) is 12.1 Å². The number of rotatable bonds is 7. The van der Waals surface area contributed by atoms with Crippen molar-refractivity contribution in [1.29, 1.82) is 0 Å². The van der Waals surface area contributed by atoms with Crippen LogP contribution in [-0.4, -0.2) is 49.9 Å². The number of benzene rings is 2. The van der Waals surface area contributed by atoms with Crippen LogP contribution in [-0.2, 0) is 21.4 Å². The monoisotopic (exact) mass is 587 g/mol. The molecular weight excluding hydrogens is 554 g/mol. The Hall–Kier alpha value is -3.99. The van der Waals surface area contributed by atoms with Gasteiger partial charge in [0.1, 0.15) is 23.3 Å². The molecule has 2 aromatic heterocycles. The second-order valence-electron chi connectivity index (χ2n) is 10.6. The Balaban J connectivity index is 1.50. The van der Waals surface area contributed by atoms with E-state index in [-0.39, 0.29) is 38.0 Å². The summed E-state index contributed by atoms with van der Waals surface area (Å²) in [5, 5.41) is 0.435. The molecule has 1 unspecified atom stereocenters. The summed E-state index contributed by atoms with van der Waals surface area (Å²) in [6, 6.07) is 15.0. The van der Waals surface area contributed by atoms with Crippen molar-refractivity contribution in [2.45, 2.75) is 39.7 Å². The van der Waals surface area contributed by atoms with Gasteiger partial charge in [0.25, 0.3) is 5.91 Å². The van der Waals surface area contributed by atoms with Crippen LogP contribution in [0.25, 0.3) is 28.4 Å². The number of carbonyl (C=O) groups excluding carboxylic acids is 1. The summed E-state index contributed by atoms with van der Waals surface area (Å²) in [4.78, 5) is 18.9. The van der Waals surface area contributed by atoms with Crippen molar-refractivity contribution in [3.05, 3.63) is 88.2 Å². The number of aromatic nitrogens is 1. The van der Waals surface area contributed by atoms with Crippen molar-refractivity contribution in [2.24, 2.45) is 0 Å². The van der Waals surface area contributed by atoms with Gasteiger partial charge < -0.3 is 13.9 Å². The molecule has 1 saturated heterocycles. The zero-order valence-corrected chi connectivity index (χ0v) is 24.7. The minimum atomic E-state index is -4.12. The third-order valence-electron chi connectivity index (χ3n) is 7.84. The van der Waals surface area contributed by atoms with E-state index in [0.717, 1.165) is 40.9 Å². The van der Waals surface area contributed by atoms with Crippen LogP contribution in [0.15, 0.2) is 59.0 Å². The van der Waals surface area contributed by atoms with Crippen molar-refractivity contribution in [3.8, 4) is 17.2 Å². The van der Waals surface area contributed by atoms with E-state index in [4.69, 9.17) is 18.9 Å². The van der Waals surface area contributed by atoms with Gasteiger partial charge in [0.05, 0.1) is 29.7 Å². The fourth-order valence-electron chi connectivity index (χ4n) is 5.52. The lowest BCUT2D eigenvalue weighted by Gasteiger charge is -2.26. The minimum absolute atomic E-state index is 0.134. The molecule has 1 fully saturated rings. The molecule has 0 radical (unpaired) electrons. The number of aryl methyl sites for hydroxylation is 1. The summed E-state index contributed by atoms with van der Waals surface area (Å²) < 4.78 is 47.9. The van der Waals surface area contributed by atoms with Crippen LogP contribution in [0.4, 0.5) is 0 Å². The Kier molecular flexibility index (Phi) is 7.61. The van der Waals surface area contributed by atoms with E-state index < -0.39 is 16.1 Å². The number of hydrogen-bond donors (Lipinski definition) is 1. The fourth-order valence-corrected chi connectivity index (χ4v) is 6.62. The smallest absolute Gasteiger partial charge is 0.304 e. The number of ether oxygens (including phenoxy) is 2. The zero-order chi connectivity index (χ0) is 29.4. The number of amides is 1. The topological polar surface area (TPSA) is 111 Å². The highest BCUT2D eigenvalue weighted by atomic mass is 32.2. The summed E-state index contributed by atoms with van der Waals surface area (Å²) in [5.74, 6) is 0.995. The molecule has 1 amide bonds. The molecule has 10 heteroatoms. The first-order valence-corrected chi connectivity index (χ1v) is 15.5. The first-order chi connectivity index (χ1) is 20.2. The van der Waals surface area contributed by atoms with Gasteiger partial charge >= 0.3 is 10.2 Å². The summed E-state index contributed by atoms with van der Waals surface area (Å²) >= 11 is 0. The maximum atomic E-state index is 13.9. The number of nitrogens with one attached hydrogen (secondary N) is 1. The molecule has 4 aromatic rings. The molecule has 1 N–H and O–H groups in total. The van der Waals surface area contributed by atoms with Crippen molar-refractivity contribution in [1.82, 2.24) is 14.0 Å². The molecule has 1 aliphatic heterocycles. The molecule has 3 heterocycles. The van der Waals surface area contributed by atoms with Gasteiger partial charge in [-0.2, -0.15) is 12.7 Å². The third-order valence-corrected chi connectivity index (χ3v) is 9.33. The molecule has 1 aliphatic carbocycles. The Bertz CT molecular complexity index is 1790. The number of carbonyl (C=O) groups is 1. The number of morpholine rings is 1. The SMILES string of the molecule is Cc1c(-c2cc(C(=O)NS(=O)(=O)N3CCOCC3)c3c(OC(C)c4ccccc4)ccc(C)c3n2)oc2c1CCC=C2. The highest BCUT2D eigenvalue weighted by Crippen LogP contribution is 2.39. The van der Waals surface area contributed by atoms with Gasteiger partial charge in [0.2, 0.25) is 0 Å². The largest absolute Gasteiger partial charge is 0.485 e. The Morgan fingerprint density at radius 2 is 1.86 bits per heavy atom. The lowest BCUT2D eigenvalue weighted by Crippen LogP contribution is -2.48. The van der Waals surface area contributed by atoms with Crippen LogP contribution in [0.2, 0.25) is 0 Å². The van der Waals surface area contributed by atoms with Crippen LogP contribution in [0.1, 0.15) is 57.8 Å². The minimum Gasteiger partial charge on any atom is -0.485 e. The number of nitrogens with zero attached hydrogens (tertiary/aromatic N) is 2. The van der Waals surface area contributed by atoms with E-state index in [2.05, 4.69) is 10.8 Å². The second kappa shape index (κ2) is 11.4. The highest BCUT2D eigenvalue weighted by molar-refractivity contribution is 7.87. The number of pyridine rings is 1. The first kappa shape index (κ1) is 28.1. The molecule has 0 spiro atoms. The maximum Gasteiger partial charge on any atom is 0.304 e. The number of fused-ring (bicyclic) bond motifs is 2. The van der Waals surface area contributed by atoms with Gasteiger partial charge in [-0.25, -0.2) is 9.71 Å². The summed E-state index contributed by atoms with van der Waals surface area (Å²) in [6.07, 6.45) is 5.47. The van der Waals surface area contributed by atoms with Crippen molar-refractivity contribution >= 4 is 33.1 Å². The number of furan rings is 1. The van der Waals surface area contributed by atoms with Crippen LogP contribution < -0.4 is 9.46 Å². The Morgan fingerprint density at radius 3 is 2.60 bits per heavy atom. The lowest BCUT2D eigenvalue weighted by molar-refractivity contribution is 0.0719. The van der Waals surface area contributed by atoms with E-state index in [1.807, 2.05) is 63.2 Å². The van der Waals surface area contributed by atoms with Crippen molar-refractivity contribution < 1.29 is 27.1 Å². The predicted molar refractivity (Wildman–Crippen MR) is 161 cm³/mol. The summed E-state index contributed by atoms with van der Waals surface area (Å²) in [7, 11) is -4.12. The van der Waals surface area contributed by atoms with Gasteiger partial charge in [-0.3, -0.25) is 4.79 Å². The molecule has 42 heavy (non-hydrogen) atoms. The maximum absolute atomic E-state index is 13.9. The van der Waals surface area contributed by atoms with Crippen LogP contribution in [0, 0.1) is 13.8 Å². The van der Waals surface area contributed by atoms with Gasteiger partial charge in [0, 0.05) is 24.2 Å². The van der Waals surface area contributed by atoms with Gasteiger partial charge in [-0.1, -0.05) is 42.5 Å². The molecule has 2 aliphatic rings. The van der Waals surface area contributed by atoms with E-state index in [9.17, 15) is 13.2 Å². The predicted octanol–water partition coefficient (Wildman–Crippen LogP) is 5.52. The quantitative estimate of drug-likeness (QED) is 0.303. The Morgan fingerprint density at radius 1 is 1.10 bits per heavy atom. The number of allylic oxidation sites excluding steroid dienone is 1.